The highest BCUT2D eigenvalue weighted by molar-refractivity contribution is 5.80. The Morgan fingerprint density at radius 3 is 2.04 bits per heavy atom. The molecule has 7 heteroatoms. The molecular weight excluding hydrogens is 350 g/mol. The van der Waals surface area contributed by atoms with Crippen LogP contribution in [0.15, 0.2) is 92.0 Å². The zero-order valence-corrected chi connectivity index (χ0v) is 14.9. The van der Waals surface area contributed by atoms with Crippen LogP contribution in [0.5, 0.6) is 0 Å². The van der Waals surface area contributed by atoms with Crippen LogP contribution in [0.2, 0.25) is 0 Å². The van der Waals surface area contributed by atoms with Crippen LogP contribution >= 0.6 is 0 Å². The van der Waals surface area contributed by atoms with Gasteiger partial charge in [0.05, 0.1) is 24.9 Å². The van der Waals surface area contributed by atoms with E-state index in [1.54, 1.807) is 24.9 Å². The molecule has 6 aromatic rings. The van der Waals surface area contributed by atoms with E-state index in [0.29, 0.717) is 5.65 Å². The molecule has 4 heterocycles. The minimum Gasteiger partial charge on any atom is -0.361 e. The third-order valence-electron chi connectivity index (χ3n) is 4.02. The normalized spacial score (nSPS) is 10.1. The third kappa shape index (κ3) is 4.16. The van der Waals surface area contributed by atoms with Crippen LogP contribution in [0.1, 0.15) is 0 Å². The number of nitrogens with zero attached hydrogens (tertiary/aromatic N) is 5. The van der Waals surface area contributed by atoms with E-state index in [9.17, 15) is 0 Å². The van der Waals surface area contributed by atoms with Gasteiger partial charge in [-0.2, -0.15) is 10.2 Å². The number of imidazole rings is 1. The fourth-order valence-corrected chi connectivity index (χ4v) is 2.62. The van der Waals surface area contributed by atoms with Crippen molar-refractivity contribution in [3.63, 3.8) is 0 Å². The summed E-state index contributed by atoms with van der Waals surface area (Å²) in [6.45, 7) is 0. The quantitative estimate of drug-likeness (QED) is 0.420. The molecule has 0 saturated carbocycles. The molecule has 6 rings (SSSR count). The minimum atomic E-state index is 0.713. The summed E-state index contributed by atoms with van der Waals surface area (Å²) in [4.78, 5) is 17.6. The number of aromatic nitrogens is 7. The summed E-state index contributed by atoms with van der Waals surface area (Å²) in [7, 11) is 0. The van der Waals surface area contributed by atoms with Gasteiger partial charge in [0.1, 0.15) is 11.8 Å². The van der Waals surface area contributed by atoms with E-state index in [4.69, 9.17) is 0 Å². The molecule has 0 saturated heterocycles. The van der Waals surface area contributed by atoms with Crippen LogP contribution in [0.25, 0.3) is 32.8 Å². The number of hydrogen-bond donors (Lipinski definition) is 2. The summed E-state index contributed by atoms with van der Waals surface area (Å²) < 4.78 is 0. The first-order chi connectivity index (χ1) is 13.9. The Hall–Kier alpha value is -4.13. The molecule has 0 amide bonds. The maximum absolute atomic E-state index is 3.91. The first-order valence-electron chi connectivity index (χ1n) is 8.67. The fraction of sp³-hybridized carbons (Fsp3) is 0. The number of H-pyrrole nitrogens is 2. The van der Waals surface area contributed by atoms with Gasteiger partial charge in [0, 0.05) is 22.5 Å². The molecule has 136 valence electrons. The number of fused-ring (bicyclic) bond motifs is 3. The van der Waals surface area contributed by atoms with E-state index in [2.05, 4.69) is 53.3 Å². The van der Waals surface area contributed by atoms with Crippen molar-refractivity contribution >= 4 is 32.8 Å². The average Bonchev–Trinajstić information content (AvgIpc) is 3.44. The minimum absolute atomic E-state index is 0.713. The first kappa shape index (κ1) is 17.3. The Bertz CT molecular complexity index is 1100. The summed E-state index contributed by atoms with van der Waals surface area (Å²) in [6.07, 6.45) is 10.2. The van der Waals surface area contributed by atoms with Crippen molar-refractivity contribution < 1.29 is 0 Å². The van der Waals surface area contributed by atoms with Crippen molar-refractivity contribution in [2.24, 2.45) is 0 Å². The molecule has 0 spiro atoms. The van der Waals surface area contributed by atoms with E-state index in [1.165, 1.54) is 17.2 Å². The van der Waals surface area contributed by atoms with E-state index >= 15 is 0 Å². The summed E-state index contributed by atoms with van der Waals surface area (Å²) in [6, 6.07) is 18.3. The van der Waals surface area contributed by atoms with Crippen molar-refractivity contribution in [3.8, 4) is 0 Å². The molecule has 0 atom stereocenters. The molecule has 2 aromatic carbocycles. The lowest BCUT2D eigenvalue weighted by molar-refractivity contribution is 1.05. The van der Waals surface area contributed by atoms with Gasteiger partial charge in [0.15, 0.2) is 5.65 Å². The van der Waals surface area contributed by atoms with E-state index in [1.807, 2.05) is 42.6 Å². The lowest BCUT2D eigenvalue weighted by Gasteiger charge is -1.90. The predicted molar refractivity (Wildman–Crippen MR) is 110 cm³/mol. The molecule has 0 aliphatic rings. The molecule has 0 fully saturated rings. The van der Waals surface area contributed by atoms with Crippen molar-refractivity contribution in [3.05, 3.63) is 92.0 Å². The Balaban J connectivity index is 0.000000103. The zero-order valence-electron chi connectivity index (χ0n) is 14.9. The number of nitrogens with one attached hydrogen (secondary N) is 2. The van der Waals surface area contributed by atoms with Crippen molar-refractivity contribution in [2.45, 2.75) is 0 Å². The fourth-order valence-electron chi connectivity index (χ4n) is 2.62. The first-order valence-corrected chi connectivity index (χ1v) is 8.67. The lowest BCUT2D eigenvalue weighted by Crippen LogP contribution is -1.77. The zero-order chi connectivity index (χ0) is 19.0. The van der Waals surface area contributed by atoms with E-state index in [0.717, 1.165) is 16.3 Å². The topological polar surface area (TPSA) is 96.0 Å². The van der Waals surface area contributed by atoms with Crippen LogP contribution in [-0.4, -0.2) is 35.1 Å². The van der Waals surface area contributed by atoms with E-state index < -0.39 is 0 Å². The number of aromatic amines is 2. The molecular formula is C21H17N7. The molecule has 0 radical (unpaired) electrons. The van der Waals surface area contributed by atoms with E-state index in [-0.39, 0.29) is 0 Å². The van der Waals surface area contributed by atoms with Gasteiger partial charge in [0.2, 0.25) is 0 Å². The second kappa shape index (κ2) is 8.50. The number of para-hydroxylation sites is 1. The molecule has 2 N–H and O–H groups in total. The molecule has 0 unspecified atom stereocenters. The average molecular weight is 367 g/mol. The molecule has 0 bridgehead atoms. The smallest absolute Gasteiger partial charge is 0.180 e. The Morgan fingerprint density at radius 1 is 0.607 bits per heavy atom. The van der Waals surface area contributed by atoms with Gasteiger partial charge >= 0.3 is 0 Å². The van der Waals surface area contributed by atoms with Gasteiger partial charge in [-0.25, -0.2) is 15.0 Å². The Labute approximate surface area is 160 Å². The highest BCUT2D eigenvalue weighted by Crippen LogP contribution is 2.09. The van der Waals surface area contributed by atoms with Gasteiger partial charge < -0.3 is 9.97 Å². The summed E-state index contributed by atoms with van der Waals surface area (Å²) in [5, 5.41) is 11.1. The van der Waals surface area contributed by atoms with Crippen LogP contribution in [-0.2, 0) is 0 Å². The number of benzene rings is 2. The number of hydrogen-bond acceptors (Lipinski definition) is 5. The molecule has 0 aliphatic heterocycles. The van der Waals surface area contributed by atoms with Gasteiger partial charge in [-0.3, -0.25) is 0 Å². The molecule has 28 heavy (non-hydrogen) atoms. The lowest BCUT2D eigenvalue weighted by atomic mass is 10.2. The summed E-state index contributed by atoms with van der Waals surface area (Å²) in [5.74, 6) is 0. The van der Waals surface area contributed by atoms with Crippen LogP contribution < -0.4 is 0 Å². The standard InChI is InChI=1S/C8H6N2.C8H7N.C5H4N4/c1-2-4-8-6-10-9-5-7(8)3-1;1-2-4-8-7(3-1)5-6-9-8;1-4-5(8-2-6-1)9-3-7-4/h1-6H;1-6,9H;1-3H,(H,6,7,8,9). The van der Waals surface area contributed by atoms with Gasteiger partial charge in [0.25, 0.3) is 0 Å². The van der Waals surface area contributed by atoms with Gasteiger partial charge in [-0.1, -0.05) is 42.5 Å². The van der Waals surface area contributed by atoms with Crippen LogP contribution in [0, 0.1) is 0 Å². The van der Waals surface area contributed by atoms with Crippen LogP contribution in [0.3, 0.4) is 0 Å². The molecule has 4 aromatic heterocycles. The Morgan fingerprint density at radius 2 is 1.32 bits per heavy atom. The van der Waals surface area contributed by atoms with Gasteiger partial charge in [-0.15, -0.1) is 0 Å². The third-order valence-corrected chi connectivity index (χ3v) is 4.02. The summed E-state index contributed by atoms with van der Waals surface area (Å²) >= 11 is 0. The second-order valence-electron chi connectivity index (χ2n) is 5.85. The van der Waals surface area contributed by atoms with Gasteiger partial charge in [-0.05, 0) is 17.5 Å². The van der Waals surface area contributed by atoms with Crippen molar-refractivity contribution in [1.29, 1.82) is 0 Å². The largest absolute Gasteiger partial charge is 0.361 e. The second-order valence-corrected chi connectivity index (χ2v) is 5.85. The monoisotopic (exact) mass is 367 g/mol. The summed E-state index contributed by atoms with van der Waals surface area (Å²) in [5.41, 5.74) is 2.79. The molecule has 7 nitrogen and oxygen atoms in total. The maximum atomic E-state index is 3.91. The van der Waals surface area contributed by atoms with Crippen molar-refractivity contribution in [1.82, 2.24) is 35.1 Å². The highest BCUT2D eigenvalue weighted by Gasteiger charge is 1.91. The maximum Gasteiger partial charge on any atom is 0.180 e. The molecule has 0 aliphatic carbocycles. The van der Waals surface area contributed by atoms with Crippen molar-refractivity contribution in [2.75, 3.05) is 0 Å². The Kier molecular flexibility index (Phi) is 5.25. The predicted octanol–water partition coefficient (Wildman–Crippen LogP) is 4.15. The SMILES string of the molecule is c1ccc2[nH]ccc2c1.c1ccc2cnncc2c1.c1ncc2[nH]cnc2n1. The van der Waals surface area contributed by atoms with Crippen LogP contribution in [0.4, 0.5) is 0 Å². The number of rotatable bonds is 0. The highest BCUT2D eigenvalue weighted by atomic mass is 15.1.